The maximum absolute atomic E-state index is 12.9. The molecule has 0 fully saturated rings. The van der Waals surface area contributed by atoms with E-state index in [1.807, 2.05) is 24.3 Å². The molecule has 1 aliphatic rings. The zero-order valence-corrected chi connectivity index (χ0v) is 21.2. The summed E-state index contributed by atoms with van der Waals surface area (Å²) < 4.78 is 10.3. The van der Waals surface area contributed by atoms with Gasteiger partial charge in [0, 0.05) is 30.6 Å². The van der Waals surface area contributed by atoms with Crippen LogP contribution in [-0.2, 0) is 27.4 Å². The third-order valence-electron chi connectivity index (χ3n) is 5.26. The number of anilines is 1. The maximum Gasteiger partial charge on any atom is 0.411 e. The van der Waals surface area contributed by atoms with E-state index in [4.69, 9.17) is 9.47 Å². The SMILES string of the molecule is COc1cccc(CNC(=O)/C2=C/C(C(=O)NCc3ccc(NC(=O)OC(C)C)cc3)=C\CCC=N2)c1. The van der Waals surface area contributed by atoms with Crippen LogP contribution in [0.25, 0.3) is 0 Å². The van der Waals surface area contributed by atoms with Gasteiger partial charge in [0.15, 0.2) is 0 Å². The molecule has 2 aromatic rings. The highest BCUT2D eigenvalue weighted by Gasteiger charge is 2.15. The fraction of sp³-hybridized carbons (Fsp3) is 0.286. The summed E-state index contributed by atoms with van der Waals surface area (Å²) in [6, 6.07) is 14.5. The van der Waals surface area contributed by atoms with Crippen LogP contribution in [0.2, 0.25) is 0 Å². The van der Waals surface area contributed by atoms with Crippen LogP contribution in [0.1, 0.15) is 37.8 Å². The van der Waals surface area contributed by atoms with Gasteiger partial charge in [-0.05, 0) is 68.2 Å². The van der Waals surface area contributed by atoms with Crippen molar-refractivity contribution in [2.24, 2.45) is 4.99 Å². The van der Waals surface area contributed by atoms with E-state index in [2.05, 4.69) is 20.9 Å². The molecule has 0 saturated heterocycles. The lowest BCUT2D eigenvalue weighted by atomic mass is 10.1. The number of hydrogen-bond acceptors (Lipinski definition) is 6. The minimum Gasteiger partial charge on any atom is -0.497 e. The van der Waals surface area contributed by atoms with E-state index in [1.54, 1.807) is 57.5 Å². The Labute approximate surface area is 216 Å². The van der Waals surface area contributed by atoms with Gasteiger partial charge >= 0.3 is 6.09 Å². The van der Waals surface area contributed by atoms with E-state index in [0.717, 1.165) is 11.1 Å². The molecule has 0 unspecified atom stereocenters. The summed E-state index contributed by atoms with van der Waals surface area (Å²) in [5, 5.41) is 8.36. The molecular weight excluding hydrogens is 472 g/mol. The molecule has 9 nitrogen and oxygen atoms in total. The van der Waals surface area contributed by atoms with E-state index < -0.39 is 6.09 Å². The molecule has 3 N–H and O–H groups in total. The summed E-state index contributed by atoms with van der Waals surface area (Å²) in [5.74, 6) is 0.0213. The standard InChI is InChI=1S/C28H32N4O5/c1-19(2)37-28(35)32-23-12-10-20(11-13-23)17-30-26(33)22-8-4-5-14-29-25(16-22)27(34)31-18-21-7-6-9-24(15-21)36-3/h6-16,19H,4-5,17-18H2,1-3H3,(H,30,33)(H,31,34)(H,32,35)/b22-8+,25-16-,29-14?. The Bertz CT molecular complexity index is 1200. The summed E-state index contributed by atoms with van der Waals surface area (Å²) in [7, 11) is 1.59. The largest absolute Gasteiger partial charge is 0.497 e. The topological polar surface area (TPSA) is 118 Å². The van der Waals surface area contributed by atoms with Gasteiger partial charge in [-0.25, -0.2) is 4.79 Å². The van der Waals surface area contributed by atoms with Gasteiger partial charge in [-0.2, -0.15) is 0 Å². The molecular formula is C28H32N4O5. The first-order valence-corrected chi connectivity index (χ1v) is 12.0. The van der Waals surface area contributed by atoms with E-state index in [0.29, 0.717) is 36.4 Å². The number of carbonyl (C=O) groups excluding carboxylic acids is 3. The summed E-state index contributed by atoms with van der Waals surface area (Å²) in [6.07, 6.45) is 5.48. The van der Waals surface area contributed by atoms with Crippen molar-refractivity contribution >= 4 is 29.8 Å². The molecule has 3 amide bonds. The Morgan fingerprint density at radius 2 is 1.68 bits per heavy atom. The smallest absolute Gasteiger partial charge is 0.411 e. The molecule has 194 valence electrons. The monoisotopic (exact) mass is 504 g/mol. The average Bonchev–Trinajstić information content (AvgIpc) is 2.86. The van der Waals surface area contributed by atoms with Gasteiger partial charge in [-0.3, -0.25) is 19.9 Å². The molecule has 0 saturated carbocycles. The van der Waals surface area contributed by atoms with Crippen molar-refractivity contribution in [1.29, 1.82) is 0 Å². The number of methoxy groups -OCH3 is 1. The normalized spacial score (nSPS) is 15.8. The van der Waals surface area contributed by atoms with Crippen LogP contribution in [0.15, 0.2) is 76.9 Å². The Hall–Kier alpha value is -4.40. The second-order valence-corrected chi connectivity index (χ2v) is 8.57. The Balaban J connectivity index is 1.58. The number of rotatable bonds is 9. The zero-order chi connectivity index (χ0) is 26.6. The molecule has 0 atom stereocenters. The van der Waals surface area contributed by atoms with Crippen LogP contribution in [-0.4, -0.2) is 37.3 Å². The van der Waals surface area contributed by atoms with Crippen LogP contribution in [0, 0.1) is 0 Å². The molecule has 1 heterocycles. The molecule has 0 spiro atoms. The molecule has 2 aromatic carbocycles. The second kappa shape index (κ2) is 13.6. The lowest BCUT2D eigenvalue weighted by Gasteiger charge is -2.11. The highest BCUT2D eigenvalue weighted by atomic mass is 16.6. The quantitative estimate of drug-likeness (QED) is 0.472. The molecule has 9 heteroatoms. The van der Waals surface area contributed by atoms with E-state index >= 15 is 0 Å². The molecule has 0 aromatic heterocycles. The summed E-state index contributed by atoms with van der Waals surface area (Å²) >= 11 is 0. The van der Waals surface area contributed by atoms with E-state index in [-0.39, 0.29) is 30.2 Å². The number of allylic oxidation sites excluding steroid dienone is 1. The minimum absolute atomic E-state index is 0.160. The maximum atomic E-state index is 12.9. The third-order valence-corrected chi connectivity index (χ3v) is 5.26. The predicted octanol–water partition coefficient (Wildman–Crippen LogP) is 4.26. The first-order chi connectivity index (χ1) is 17.8. The van der Waals surface area contributed by atoms with Gasteiger partial charge in [0.2, 0.25) is 0 Å². The van der Waals surface area contributed by atoms with Crippen molar-refractivity contribution in [2.75, 3.05) is 12.4 Å². The summed E-state index contributed by atoms with van der Waals surface area (Å²) in [5.41, 5.74) is 2.86. The highest BCUT2D eigenvalue weighted by Crippen LogP contribution is 2.15. The molecule has 0 aliphatic carbocycles. The van der Waals surface area contributed by atoms with Crippen molar-refractivity contribution in [3.05, 3.63) is 83.1 Å². The fourth-order valence-electron chi connectivity index (χ4n) is 3.41. The second-order valence-electron chi connectivity index (χ2n) is 8.57. The van der Waals surface area contributed by atoms with Gasteiger partial charge in [0.25, 0.3) is 11.8 Å². The summed E-state index contributed by atoms with van der Waals surface area (Å²) in [4.78, 5) is 41.6. The molecule has 1 aliphatic heterocycles. The number of benzene rings is 2. The molecule has 3 rings (SSSR count). The Morgan fingerprint density at radius 1 is 0.946 bits per heavy atom. The average molecular weight is 505 g/mol. The van der Waals surface area contributed by atoms with Crippen LogP contribution < -0.4 is 20.7 Å². The lowest BCUT2D eigenvalue weighted by Crippen LogP contribution is -2.27. The van der Waals surface area contributed by atoms with Gasteiger partial charge in [0.1, 0.15) is 11.4 Å². The number of amides is 3. The van der Waals surface area contributed by atoms with E-state index in [9.17, 15) is 14.4 Å². The van der Waals surface area contributed by atoms with Crippen LogP contribution >= 0.6 is 0 Å². The van der Waals surface area contributed by atoms with Gasteiger partial charge in [0.05, 0.1) is 13.2 Å². The predicted molar refractivity (Wildman–Crippen MR) is 142 cm³/mol. The van der Waals surface area contributed by atoms with Gasteiger partial charge < -0.3 is 20.1 Å². The molecule has 37 heavy (non-hydrogen) atoms. The van der Waals surface area contributed by atoms with Gasteiger partial charge in [-0.1, -0.05) is 30.3 Å². The molecule has 0 bridgehead atoms. The minimum atomic E-state index is -0.523. The zero-order valence-electron chi connectivity index (χ0n) is 21.2. The number of hydrogen-bond donors (Lipinski definition) is 3. The van der Waals surface area contributed by atoms with Crippen LogP contribution in [0.3, 0.4) is 0 Å². The number of ether oxygens (including phenoxy) is 2. The van der Waals surface area contributed by atoms with Crippen molar-refractivity contribution in [3.63, 3.8) is 0 Å². The van der Waals surface area contributed by atoms with Crippen LogP contribution in [0.4, 0.5) is 10.5 Å². The first-order valence-electron chi connectivity index (χ1n) is 12.0. The fourth-order valence-corrected chi connectivity index (χ4v) is 3.41. The summed E-state index contributed by atoms with van der Waals surface area (Å²) in [6.45, 7) is 4.13. The number of carbonyl (C=O) groups is 3. The van der Waals surface area contributed by atoms with Crippen molar-refractivity contribution in [3.8, 4) is 5.75 Å². The van der Waals surface area contributed by atoms with Crippen LogP contribution in [0.5, 0.6) is 5.75 Å². The number of nitrogens with zero attached hydrogens (tertiary/aromatic N) is 1. The van der Waals surface area contributed by atoms with Gasteiger partial charge in [-0.15, -0.1) is 0 Å². The van der Waals surface area contributed by atoms with E-state index in [1.165, 1.54) is 6.08 Å². The lowest BCUT2D eigenvalue weighted by molar-refractivity contribution is -0.117. The molecule has 0 radical (unpaired) electrons. The first kappa shape index (κ1) is 27.2. The number of aliphatic imine (C=N–C) groups is 1. The van der Waals surface area contributed by atoms with Crippen molar-refractivity contribution in [2.45, 2.75) is 45.9 Å². The van der Waals surface area contributed by atoms with Crippen molar-refractivity contribution in [1.82, 2.24) is 10.6 Å². The third kappa shape index (κ3) is 8.96. The highest BCUT2D eigenvalue weighted by molar-refractivity contribution is 6.01. The Morgan fingerprint density at radius 3 is 2.41 bits per heavy atom. The Kier molecular flexibility index (Phi) is 10.0. The van der Waals surface area contributed by atoms with Crippen molar-refractivity contribution < 1.29 is 23.9 Å². The number of nitrogens with one attached hydrogen (secondary N) is 3.